The highest BCUT2D eigenvalue weighted by Crippen LogP contribution is 2.08. The van der Waals surface area contributed by atoms with Crippen LogP contribution in [0.15, 0.2) is 12.5 Å². The van der Waals surface area contributed by atoms with Gasteiger partial charge in [-0.15, -0.1) is 0 Å². The van der Waals surface area contributed by atoms with Crippen LogP contribution in [0.4, 0.5) is 0 Å². The average molecular weight is 142 g/mol. The summed E-state index contributed by atoms with van der Waals surface area (Å²) >= 11 is 0. The molecule has 0 spiro atoms. The van der Waals surface area contributed by atoms with Gasteiger partial charge in [-0.1, -0.05) is 6.92 Å². The van der Waals surface area contributed by atoms with Crippen LogP contribution in [0.5, 0.6) is 0 Å². The zero-order valence-electron chi connectivity index (χ0n) is 6.38. The van der Waals surface area contributed by atoms with E-state index in [1.165, 1.54) is 0 Å². The highest BCUT2D eigenvalue weighted by atomic mass is 16.5. The second kappa shape index (κ2) is 4.20. The summed E-state index contributed by atoms with van der Waals surface area (Å²) in [5.41, 5.74) is 0. The largest absolute Gasteiger partial charge is 0.498 e. The topological polar surface area (TPSA) is 18.5 Å². The summed E-state index contributed by atoms with van der Waals surface area (Å²) in [6, 6.07) is 0. The van der Waals surface area contributed by atoms with Crippen molar-refractivity contribution in [3.63, 3.8) is 0 Å². The van der Waals surface area contributed by atoms with Crippen LogP contribution in [0.1, 0.15) is 19.8 Å². The first-order valence-corrected chi connectivity index (χ1v) is 3.78. The van der Waals surface area contributed by atoms with Crippen molar-refractivity contribution in [3.05, 3.63) is 12.5 Å². The number of rotatable bonds is 0. The minimum Gasteiger partial charge on any atom is -0.498 e. The maximum absolute atomic E-state index is 5.12. The molecule has 0 aromatic carbocycles. The van der Waals surface area contributed by atoms with Crippen molar-refractivity contribution < 1.29 is 9.47 Å². The summed E-state index contributed by atoms with van der Waals surface area (Å²) in [5.74, 6) is 0.722. The molecule has 0 bridgehead atoms. The van der Waals surface area contributed by atoms with Crippen LogP contribution in [0.25, 0.3) is 0 Å². The van der Waals surface area contributed by atoms with E-state index in [4.69, 9.17) is 9.47 Å². The molecular weight excluding hydrogens is 128 g/mol. The molecule has 10 heavy (non-hydrogen) atoms. The summed E-state index contributed by atoms with van der Waals surface area (Å²) in [7, 11) is 0. The van der Waals surface area contributed by atoms with Gasteiger partial charge in [-0.25, -0.2) is 0 Å². The normalized spacial score (nSPS) is 24.9. The molecule has 0 aromatic rings. The molecule has 1 aliphatic heterocycles. The van der Waals surface area contributed by atoms with Crippen LogP contribution < -0.4 is 0 Å². The summed E-state index contributed by atoms with van der Waals surface area (Å²) in [5, 5.41) is 0. The van der Waals surface area contributed by atoms with E-state index in [1.807, 2.05) is 0 Å². The second-order valence-corrected chi connectivity index (χ2v) is 2.70. The highest BCUT2D eigenvalue weighted by molar-refractivity contribution is 4.64. The van der Waals surface area contributed by atoms with Crippen molar-refractivity contribution in [3.8, 4) is 0 Å². The van der Waals surface area contributed by atoms with Crippen molar-refractivity contribution in [1.29, 1.82) is 0 Å². The zero-order chi connectivity index (χ0) is 7.23. The van der Waals surface area contributed by atoms with Crippen molar-refractivity contribution in [2.45, 2.75) is 19.8 Å². The fraction of sp³-hybridized carbons (Fsp3) is 0.750. The third kappa shape index (κ3) is 2.76. The van der Waals surface area contributed by atoms with Crippen LogP contribution in [0, 0.1) is 5.92 Å². The van der Waals surface area contributed by atoms with E-state index in [2.05, 4.69) is 6.92 Å². The first kappa shape index (κ1) is 7.45. The Bertz CT molecular complexity index is 97.8. The van der Waals surface area contributed by atoms with Crippen LogP contribution in [0.2, 0.25) is 0 Å². The summed E-state index contributed by atoms with van der Waals surface area (Å²) in [6.45, 7) is 3.86. The highest BCUT2D eigenvalue weighted by Gasteiger charge is 2.02. The lowest BCUT2D eigenvalue weighted by atomic mass is 10.1. The number of ether oxygens (including phenoxy) is 2. The molecule has 0 amide bonds. The molecular formula is C8H14O2. The monoisotopic (exact) mass is 142 g/mol. The van der Waals surface area contributed by atoms with Gasteiger partial charge in [-0.2, -0.15) is 0 Å². The molecule has 0 saturated carbocycles. The second-order valence-electron chi connectivity index (χ2n) is 2.70. The van der Waals surface area contributed by atoms with Crippen molar-refractivity contribution >= 4 is 0 Å². The summed E-state index contributed by atoms with van der Waals surface area (Å²) in [4.78, 5) is 0. The Balaban J connectivity index is 2.24. The summed E-state index contributed by atoms with van der Waals surface area (Å²) < 4.78 is 10.2. The SMILES string of the molecule is CC1CCO/C=C\OCC1. The van der Waals surface area contributed by atoms with Gasteiger partial charge >= 0.3 is 0 Å². The van der Waals surface area contributed by atoms with E-state index in [1.54, 1.807) is 12.5 Å². The maximum Gasteiger partial charge on any atom is 0.117 e. The van der Waals surface area contributed by atoms with Crippen molar-refractivity contribution in [2.75, 3.05) is 13.2 Å². The van der Waals surface area contributed by atoms with Crippen LogP contribution in [-0.2, 0) is 9.47 Å². The van der Waals surface area contributed by atoms with Gasteiger partial charge in [0.05, 0.1) is 13.2 Å². The van der Waals surface area contributed by atoms with Gasteiger partial charge in [0, 0.05) is 0 Å². The maximum atomic E-state index is 5.12. The lowest BCUT2D eigenvalue weighted by Crippen LogP contribution is -2.01. The van der Waals surface area contributed by atoms with Gasteiger partial charge in [-0.05, 0) is 18.8 Å². The molecule has 0 fully saturated rings. The van der Waals surface area contributed by atoms with Crippen LogP contribution in [-0.4, -0.2) is 13.2 Å². The predicted molar refractivity (Wildman–Crippen MR) is 39.4 cm³/mol. The molecule has 1 rings (SSSR count). The molecule has 0 atom stereocenters. The standard InChI is InChI=1S/C8H14O2/c1-8-2-4-9-6-7-10-5-3-8/h6-8H,2-5H2,1H3/b7-6-. The molecule has 1 aliphatic rings. The molecule has 2 nitrogen and oxygen atoms in total. The molecule has 0 aromatic heterocycles. The third-order valence-electron chi connectivity index (χ3n) is 1.71. The molecule has 1 heterocycles. The molecule has 0 radical (unpaired) electrons. The Labute approximate surface area is 61.8 Å². The average Bonchev–Trinajstić information content (AvgIpc) is 2.02. The first-order chi connectivity index (χ1) is 4.89. The quantitative estimate of drug-likeness (QED) is 0.514. The molecule has 0 saturated heterocycles. The van der Waals surface area contributed by atoms with Gasteiger partial charge in [0.2, 0.25) is 0 Å². The van der Waals surface area contributed by atoms with E-state index in [0.29, 0.717) is 0 Å². The van der Waals surface area contributed by atoms with Gasteiger partial charge in [0.25, 0.3) is 0 Å². The Morgan fingerprint density at radius 3 is 2.10 bits per heavy atom. The fourth-order valence-electron chi connectivity index (χ4n) is 0.897. The molecule has 2 heteroatoms. The minimum atomic E-state index is 0.722. The Hall–Kier alpha value is -0.660. The molecule has 0 N–H and O–H groups in total. The zero-order valence-corrected chi connectivity index (χ0v) is 6.38. The van der Waals surface area contributed by atoms with E-state index in [0.717, 1.165) is 32.0 Å². The predicted octanol–water partition coefficient (Wildman–Crippen LogP) is 1.92. The number of hydrogen-bond acceptors (Lipinski definition) is 2. The first-order valence-electron chi connectivity index (χ1n) is 3.78. The lowest BCUT2D eigenvalue weighted by Gasteiger charge is -2.07. The molecule has 0 aliphatic carbocycles. The van der Waals surface area contributed by atoms with Crippen LogP contribution in [0.3, 0.4) is 0 Å². The van der Waals surface area contributed by atoms with E-state index >= 15 is 0 Å². The van der Waals surface area contributed by atoms with Crippen LogP contribution >= 0.6 is 0 Å². The molecule has 58 valence electrons. The van der Waals surface area contributed by atoms with E-state index in [-0.39, 0.29) is 0 Å². The van der Waals surface area contributed by atoms with Gasteiger partial charge in [-0.3, -0.25) is 0 Å². The minimum absolute atomic E-state index is 0.722. The lowest BCUT2D eigenvalue weighted by molar-refractivity contribution is 0.221. The van der Waals surface area contributed by atoms with E-state index in [9.17, 15) is 0 Å². The molecule has 0 unspecified atom stereocenters. The van der Waals surface area contributed by atoms with Gasteiger partial charge < -0.3 is 9.47 Å². The fourth-order valence-corrected chi connectivity index (χ4v) is 0.897. The summed E-state index contributed by atoms with van der Waals surface area (Å²) in [6.07, 6.45) is 5.51. The van der Waals surface area contributed by atoms with Crippen molar-refractivity contribution in [2.24, 2.45) is 5.92 Å². The number of hydrogen-bond donors (Lipinski definition) is 0. The third-order valence-corrected chi connectivity index (χ3v) is 1.71. The Morgan fingerprint density at radius 1 is 1.10 bits per heavy atom. The van der Waals surface area contributed by atoms with Gasteiger partial charge in [0.15, 0.2) is 0 Å². The smallest absolute Gasteiger partial charge is 0.117 e. The van der Waals surface area contributed by atoms with Gasteiger partial charge in [0.1, 0.15) is 12.5 Å². The Kier molecular flexibility index (Phi) is 3.13. The Morgan fingerprint density at radius 2 is 1.60 bits per heavy atom. The van der Waals surface area contributed by atoms with Crippen molar-refractivity contribution in [1.82, 2.24) is 0 Å². The van der Waals surface area contributed by atoms with E-state index < -0.39 is 0 Å².